The lowest BCUT2D eigenvalue weighted by Crippen LogP contribution is -2.36. The number of ether oxygens (including phenoxy) is 1. The summed E-state index contributed by atoms with van der Waals surface area (Å²) in [6.45, 7) is 2.92. The van der Waals surface area contributed by atoms with Crippen LogP contribution in [0.15, 0.2) is 41.4 Å². The van der Waals surface area contributed by atoms with Gasteiger partial charge < -0.3 is 19.4 Å². The Bertz CT molecular complexity index is 953. The van der Waals surface area contributed by atoms with Crippen molar-refractivity contribution in [1.29, 1.82) is 5.26 Å². The van der Waals surface area contributed by atoms with Crippen LogP contribution in [0.5, 0.6) is 0 Å². The van der Waals surface area contributed by atoms with Crippen LogP contribution < -0.4 is 10.2 Å². The van der Waals surface area contributed by atoms with Gasteiger partial charge in [0.1, 0.15) is 11.6 Å². The summed E-state index contributed by atoms with van der Waals surface area (Å²) in [7, 11) is 0. The molecular formula is C17H16N8O2. The van der Waals surface area contributed by atoms with Crippen molar-refractivity contribution in [3.05, 3.63) is 42.8 Å². The molecule has 1 saturated heterocycles. The number of rotatable bonds is 5. The minimum absolute atomic E-state index is 0.226. The van der Waals surface area contributed by atoms with E-state index in [1.807, 2.05) is 18.2 Å². The number of aromatic nitrogens is 5. The SMILES string of the molecule is N#CC(=CNc1cc(-c2cnco2)ccc1N1CCOCC1)c1nn[nH]n1. The van der Waals surface area contributed by atoms with E-state index in [0.717, 1.165) is 30.0 Å². The van der Waals surface area contributed by atoms with E-state index in [1.165, 1.54) is 6.39 Å². The number of aromatic amines is 1. The van der Waals surface area contributed by atoms with Crippen molar-refractivity contribution in [3.8, 4) is 17.4 Å². The standard InChI is InChI=1S/C17H16N8O2/c18-8-13(17-21-23-24-22-17)9-20-14-7-12(16-10-19-11-27-16)1-2-15(14)25-3-5-26-6-4-25/h1-2,7,9-11,20H,3-6H2,(H,21,22,23,24). The fourth-order valence-electron chi connectivity index (χ4n) is 2.82. The van der Waals surface area contributed by atoms with Crippen molar-refractivity contribution in [1.82, 2.24) is 25.6 Å². The van der Waals surface area contributed by atoms with Crippen LogP contribution in [-0.4, -0.2) is 51.9 Å². The Labute approximate surface area is 154 Å². The summed E-state index contributed by atoms with van der Waals surface area (Å²) < 4.78 is 10.8. The molecule has 27 heavy (non-hydrogen) atoms. The first-order chi connectivity index (χ1) is 13.3. The highest BCUT2D eigenvalue weighted by Crippen LogP contribution is 2.32. The number of nitriles is 1. The number of tetrazole rings is 1. The molecular weight excluding hydrogens is 348 g/mol. The smallest absolute Gasteiger partial charge is 0.216 e. The van der Waals surface area contributed by atoms with Gasteiger partial charge in [0, 0.05) is 24.9 Å². The third-order valence-corrected chi connectivity index (χ3v) is 4.14. The number of anilines is 2. The van der Waals surface area contributed by atoms with E-state index in [9.17, 15) is 5.26 Å². The Hall–Kier alpha value is -3.71. The Morgan fingerprint density at radius 2 is 2.22 bits per heavy atom. The molecule has 4 rings (SSSR count). The van der Waals surface area contributed by atoms with Gasteiger partial charge in [0.2, 0.25) is 5.82 Å². The molecule has 2 aromatic heterocycles. The molecule has 0 atom stereocenters. The molecule has 3 aromatic rings. The summed E-state index contributed by atoms with van der Waals surface area (Å²) in [5.74, 6) is 0.888. The van der Waals surface area contributed by atoms with E-state index in [0.29, 0.717) is 19.0 Å². The van der Waals surface area contributed by atoms with E-state index >= 15 is 0 Å². The second kappa shape index (κ2) is 7.67. The zero-order chi connectivity index (χ0) is 18.5. The number of hydrogen-bond acceptors (Lipinski definition) is 9. The number of H-pyrrole nitrogens is 1. The number of hydrogen-bond donors (Lipinski definition) is 2. The quantitative estimate of drug-likeness (QED) is 0.649. The predicted molar refractivity (Wildman–Crippen MR) is 96.4 cm³/mol. The lowest BCUT2D eigenvalue weighted by Gasteiger charge is -2.30. The maximum atomic E-state index is 9.37. The van der Waals surface area contributed by atoms with E-state index in [1.54, 1.807) is 12.4 Å². The van der Waals surface area contributed by atoms with Gasteiger partial charge in [-0.2, -0.15) is 10.5 Å². The van der Waals surface area contributed by atoms with E-state index in [-0.39, 0.29) is 11.4 Å². The van der Waals surface area contributed by atoms with Gasteiger partial charge in [-0.15, -0.1) is 10.2 Å². The molecule has 1 aromatic carbocycles. The number of nitrogens with one attached hydrogen (secondary N) is 2. The van der Waals surface area contributed by atoms with E-state index in [2.05, 4.69) is 41.9 Å². The van der Waals surface area contributed by atoms with Crippen molar-refractivity contribution < 1.29 is 9.15 Å². The zero-order valence-electron chi connectivity index (χ0n) is 14.3. The monoisotopic (exact) mass is 364 g/mol. The summed E-state index contributed by atoms with van der Waals surface area (Å²) in [5.41, 5.74) is 2.96. The molecule has 0 radical (unpaired) electrons. The lowest BCUT2D eigenvalue weighted by atomic mass is 10.1. The fraction of sp³-hybridized carbons (Fsp3) is 0.235. The molecule has 0 bridgehead atoms. The van der Waals surface area contributed by atoms with Crippen molar-refractivity contribution in [2.75, 3.05) is 36.5 Å². The number of nitrogens with zero attached hydrogens (tertiary/aromatic N) is 6. The Kier molecular flexibility index (Phi) is 4.76. The van der Waals surface area contributed by atoms with E-state index < -0.39 is 0 Å². The van der Waals surface area contributed by atoms with Gasteiger partial charge in [-0.25, -0.2) is 4.98 Å². The number of benzene rings is 1. The molecule has 1 aliphatic rings. The minimum Gasteiger partial charge on any atom is -0.444 e. The van der Waals surface area contributed by atoms with Crippen molar-refractivity contribution in [3.63, 3.8) is 0 Å². The van der Waals surface area contributed by atoms with Gasteiger partial charge in [-0.1, -0.05) is 0 Å². The summed E-state index contributed by atoms with van der Waals surface area (Å²) in [6.07, 6.45) is 4.61. The molecule has 10 nitrogen and oxygen atoms in total. The summed E-state index contributed by atoms with van der Waals surface area (Å²) in [6, 6.07) is 8.01. The Morgan fingerprint density at radius 3 is 2.93 bits per heavy atom. The molecule has 3 heterocycles. The summed E-state index contributed by atoms with van der Waals surface area (Å²) in [4.78, 5) is 6.19. The van der Waals surface area contributed by atoms with Crippen LogP contribution in [0.25, 0.3) is 16.9 Å². The highest BCUT2D eigenvalue weighted by atomic mass is 16.5. The maximum Gasteiger partial charge on any atom is 0.216 e. The summed E-state index contributed by atoms with van der Waals surface area (Å²) >= 11 is 0. The molecule has 2 N–H and O–H groups in total. The number of morpholine rings is 1. The average molecular weight is 364 g/mol. The molecule has 1 fully saturated rings. The first-order valence-corrected chi connectivity index (χ1v) is 8.31. The molecule has 0 aliphatic carbocycles. The Balaban J connectivity index is 1.69. The van der Waals surface area contributed by atoms with Gasteiger partial charge in [0.05, 0.1) is 30.8 Å². The first-order valence-electron chi connectivity index (χ1n) is 8.31. The molecule has 0 spiro atoms. The van der Waals surface area contributed by atoms with Crippen molar-refractivity contribution in [2.24, 2.45) is 0 Å². The number of oxazole rings is 1. The van der Waals surface area contributed by atoms with Crippen molar-refractivity contribution in [2.45, 2.75) is 0 Å². The molecule has 10 heteroatoms. The van der Waals surface area contributed by atoms with E-state index in [4.69, 9.17) is 9.15 Å². The Morgan fingerprint density at radius 1 is 1.33 bits per heavy atom. The van der Waals surface area contributed by atoms with Gasteiger partial charge >= 0.3 is 0 Å². The van der Waals surface area contributed by atoms with Crippen LogP contribution in [0.3, 0.4) is 0 Å². The highest BCUT2D eigenvalue weighted by Gasteiger charge is 2.16. The summed E-state index contributed by atoms with van der Waals surface area (Å²) in [5, 5.41) is 26.1. The minimum atomic E-state index is 0.226. The second-order valence-electron chi connectivity index (χ2n) is 5.75. The highest BCUT2D eigenvalue weighted by molar-refractivity contribution is 5.80. The van der Waals surface area contributed by atoms with Crippen molar-refractivity contribution >= 4 is 16.9 Å². The molecule has 0 unspecified atom stereocenters. The average Bonchev–Trinajstić information content (AvgIpc) is 3.43. The fourth-order valence-corrected chi connectivity index (χ4v) is 2.82. The zero-order valence-corrected chi connectivity index (χ0v) is 14.3. The van der Waals surface area contributed by atoms with Gasteiger partial charge in [-0.3, -0.25) is 0 Å². The lowest BCUT2D eigenvalue weighted by molar-refractivity contribution is 0.123. The van der Waals surface area contributed by atoms with Crippen LogP contribution in [0.2, 0.25) is 0 Å². The van der Waals surface area contributed by atoms with Crippen LogP contribution in [-0.2, 0) is 4.74 Å². The predicted octanol–water partition coefficient (Wildman–Crippen LogP) is 1.67. The van der Waals surface area contributed by atoms with Crippen LogP contribution in [0.4, 0.5) is 11.4 Å². The molecule has 136 valence electrons. The van der Waals surface area contributed by atoms with Gasteiger partial charge in [0.15, 0.2) is 12.2 Å². The normalized spacial score (nSPS) is 14.8. The van der Waals surface area contributed by atoms with Gasteiger partial charge in [0.25, 0.3) is 0 Å². The van der Waals surface area contributed by atoms with Crippen LogP contribution >= 0.6 is 0 Å². The molecule has 1 aliphatic heterocycles. The third kappa shape index (κ3) is 3.63. The first kappa shape index (κ1) is 16.7. The molecule has 0 amide bonds. The molecule has 0 saturated carbocycles. The topological polar surface area (TPSA) is 129 Å². The van der Waals surface area contributed by atoms with Gasteiger partial charge in [-0.05, 0) is 23.4 Å². The van der Waals surface area contributed by atoms with Crippen LogP contribution in [0, 0.1) is 11.3 Å². The largest absolute Gasteiger partial charge is 0.444 e. The van der Waals surface area contributed by atoms with Crippen LogP contribution in [0.1, 0.15) is 5.82 Å². The maximum absolute atomic E-state index is 9.37. The second-order valence-corrected chi connectivity index (χ2v) is 5.75. The number of allylic oxidation sites excluding steroid dienone is 1. The third-order valence-electron chi connectivity index (χ3n) is 4.14.